The predicted molar refractivity (Wildman–Crippen MR) is 272 cm³/mol. The average Bonchev–Trinajstić information content (AvgIpc) is 3.98. The Hall–Kier alpha value is -6.76. The molecule has 2 bridgehead atoms. The van der Waals surface area contributed by atoms with Gasteiger partial charge in [0.25, 0.3) is 5.91 Å². The number of carbonyl (C=O) groups excluding carboxylic acids is 5. The molecule has 0 unspecified atom stereocenters. The molecule has 7 N–H and O–H groups in total. The van der Waals surface area contributed by atoms with Gasteiger partial charge in [-0.3, -0.25) is 24.0 Å². The van der Waals surface area contributed by atoms with Gasteiger partial charge < -0.3 is 51.6 Å². The van der Waals surface area contributed by atoms with E-state index in [9.17, 15) is 28.4 Å². The third-order valence-electron chi connectivity index (χ3n) is 14.1. The fourth-order valence-electron chi connectivity index (χ4n) is 9.99. The van der Waals surface area contributed by atoms with Gasteiger partial charge in [-0.2, -0.15) is 5.10 Å². The molecule has 2 aromatic carbocycles. The van der Waals surface area contributed by atoms with Gasteiger partial charge in [0.05, 0.1) is 55.8 Å². The summed E-state index contributed by atoms with van der Waals surface area (Å²) in [5, 5.41) is 13.7. The molecule has 1 saturated heterocycles. The first-order valence-corrected chi connectivity index (χ1v) is 25.2. The zero-order chi connectivity index (χ0) is 51.9. The van der Waals surface area contributed by atoms with E-state index in [0.717, 1.165) is 68.1 Å². The zero-order valence-electron chi connectivity index (χ0n) is 42.8. The number of rotatable bonds is 19. The van der Waals surface area contributed by atoms with Crippen LogP contribution in [0.4, 0.5) is 15.9 Å². The fraction of sp³-hybridized carbons (Fsp3) is 0.528. The molecule has 5 heterocycles. The number of hydrogen-bond donors (Lipinski definition) is 5. The molecule has 3 aliphatic rings. The number of nitrogens with zero attached hydrogens (tertiary/aromatic N) is 6. The molecular weight excluding hydrogens is 922 g/mol. The maximum atomic E-state index is 14.7. The topological polar surface area (TPSA) is 232 Å². The summed E-state index contributed by atoms with van der Waals surface area (Å²) < 4.78 is 28.5. The Morgan fingerprint density at radius 2 is 1.74 bits per heavy atom. The Balaban J connectivity index is 0.867. The number of anilines is 2. The second kappa shape index (κ2) is 23.2. The summed E-state index contributed by atoms with van der Waals surface area (Å²) in [7, 11) is 4.94. The summed E-state index contributed by atoms with van der Waals surface area (Å²) in [5.74, 6) is -0.513. The highest BCUT2D eigenvalue weighted by molar-refractivity contribution is 5.96. The van der Waals surface area contributed by atoms with E-state index >= 15 is 0 Å². The van der Waals surface area contributed by atoms with Crippen molar-refractivity contribution in [2.24, 2.45) is 11.1 Å². The van der Waals surface area contributed by atoms with Crippen molar-refractivity contribution in [1.29, 1.82) is 0 Å². The minimum absolute atomic E-state index is 0.0519. The number of likely N-dealkylation sites (N-methyl/N-ethyl adjacent to an activating group) is 1. The molecule has 7 rings (SSSR count). The van der Waals surface area contributed by atoms with Gasteiger partial charge in [-0.05, 0) is 98.2 Å². The number of nitrogens with one attached hydrogen (secondary N) is 3. The third kappa shape index (κ3) is 12.1. The number of primary amides is 1. The van der Waals surface area contributed by atoms with Gasteiger partial charge in [-0.1, -0.05) is 52.5 Å². The van der Waals surface area contributed by atoms with Crippen molar-refractivity contribution in [3.8, 4) is 22.8 Å². The number of hydrogen-bond acceptors (Lipinski definition) is 12. The quantitative estimate of drug-likeness (QED) is 0.0744. The maximum absolute atomic E-state index is 14.7. The first kappa shape index (κ1) is 53.0. The molecule has 5 amide bonds. The van der Waals surface area contributed by atoms with Crippen LogP contribution in [-0.4, -0.2) is 113 Å². The van der Waals surface area contributed by atoms with Crippen LogP contribution in [0.1, 0.15) is 124 Å². The van der Waals surface area contributed by atoms with Gasteiger partial charge in [-0.25, -0.2) is 14.1 Å². The van der Waals surface area contributed by atoms with E-state index < -0.39 is 35.3 Å². The number of nitrogen functional groups attached to an aromatic ring is 1. The number of unbranched alkanes of at least 4 members (excludes halogenated alkanes) is 5. The van der Waals surface area contributed by atoms with Gasteiger partial charge >= 0.3 is 0 Å². The monoisotopic (exact) mass is 994 g/mol. The van der Waals surface area contributed by atoms with Crippen LogP contribution >= 0.6 is 0 Å². The van der Waals surface area contributed by atoms with Crippen molar-refractivity contribution in [2.75, 3.05) is 51.5 Å². The molecule has 0 aliphatic carbocycles. The number of fused-ring (bicyclic) bond motifs is 9. The molecule has 2 aromatic heterocycles. The standard InChI is InChI=1S/C53H72FN11O7/c1-32(57-5)49(68)60-46(53(2,3)4)51(70)64-30-35-25-37(19-17-33(35)26-43(64)48(56)67)72-24-13-11-9-8-10-12-16-44(66)58-21-23-65-52(71-7)45-34-27-42(47(55)59-29-34)63-22-14-15-41(63)39-28-36(54)18-20-38(39)50(69)62(6)31-40(45)61-65/h17-20,25,27-29,32,41,43,46,57H,8-16,21-24,26,30-31H2,1-7H3,(H2,55,59)(H2,56,67)(H,58,66)(H,60,68)/t32-,41+,43-,46+/m0/s1. The van der Waals surface area contributed by atoms with E-state index in [4.69, 9.17) is 26.0 Å². The van der Waals surface area contributed by atoms with Crippen LogP contribution in [0.5, 0.6) is 11.6 Å². The van der Waals surface area contributed by atoms with E-state index in [0.29, 0.717) is 78.2 Å². The van der Waals surface area contributed by atoms with Crippen LogP contribution in [-0.2, 0) is 45.2 Å². The summed E-state index contributed by atoms with van der Waals surface area (Å²) >= 11 is 0. The molecule has 0 radical (unpaired) electrons. The third-order valence-corrected chi connectivity index (χ3v) is 14.1. The Kier molecular flexibility index (Phi) is 17.1. The highest BCUT2D eigenvalue weighted by Crippen LogP contribution is 2.44. The zero-order valence-corrected chi connectivity index (χ0v) is 42.8. The van der Waals surface area contributed by atoms with Crippen molar-refractivity contribution in [1.82, 2.24) is 40.5 Å². The minimum atomic E-state index is -0.875. The number of ether oxygens (including phenoxy) is 2. The lowest BCUT2D eigenvalue weighted by atomic mass is 9.84. The van der Waals surface area contributed by atoms with Gasteiger partial charge in [0.2, 0.25) is 29.5 Å². The second-order valence-electron chi connectivity index (χ2n) is 20.3. The Morgan fingerprint density at radius 3 is 2.46 bits per heavy atom. The summed E-state index contributed by atoms with van der Waals surface area (Å²) in [6.45, 7) is 9.45. The Labute approximate surface area is 421 Å². The van der Waals surface area contributed by atoms with Gasteiger partial charge in [-0.15, -0.1) is 0 Å². The highest BCUT2D eigenvalue weighted by atomic mass is 19.1. The van der Waals surface area contributed by atoms with Crippen molar-refractivity contribution in [3.63, 3.8) is 0 Å². The largest absolute Gasteiger partial charge is 0.494 e. The van der Waals surface area contributed by atoms with Crippen LogP contribution in [0, 0.1) is 11.2 Å². The predicted octanol–water partition coefficient (Wildman–Crippen LogP) is 5.41. The summed E-state index contributed by atoms with van der Waals surface area (Å²) in [6.07, 6.45) is 9.37. The smallest absolute Gasteiger partial charge is 0.254 e. The normalized spacial score (nSPS) is 17.3. The summed E-state index contributed by atoms with van der Waals surface area (Å²) in [5.41, 5.74) is 17.2. The van der Waals surface area contributed by atoms with Crippen LogP contribution in [0.3, 0.4) is 0 Å². The molecule has 1 fully saturated rings. The number of methoxy groups -OCH3 is 1. The number of amides is 5. The van der Waals surface area contributed by atoms with Crippen LogP contribution in [0.2, 0.25) is 0 Å². The van der Waals surface area contributed by atoms with Crippen LogP contribution < -0.4 is 41.8 Å². The first-order valence-electron chi connectivity index (χ1n) is 25.2. The van der Waals surface area contributed by atoms with Crippen LogP contribution in [0.25, 0.3) is 11.1 Å². The number of carbonyl (C=O) groups is 5. The molecule has 19 heteroatoms. The van der Waals surface area contributed by atoms with Crippen molar-refractivity contribution < 1.29 is 37.8 Å². The molecule has 0 spiro atoms. The second-order valence-corrected chi connectivity index (χ2v) is 20.3. The Morgan fingerprint density at radius 1 is 0.986 bits per heavy atom. The Bertz CT molecular complexity index is 2630. The lowest BCUT2D eigenvalue weighted by Crippen LogP contribution is -2.61. The number of pyridine rings is 1. The minimum Gasteiger partial charge on any atom is -0.494 e. The van der Waals surface area contributed by atoms with Crippen LogP contribution in [0.15, 0.2) is 48.7 Å². The van der Waals surface area contributed by atoms with E-state index in [1.807, 2.05) is 45.0 Å². The van der Waals surface area contributed by atoms with E-state index in [2.05, 4.69) is 25.8 Å². The number of benzene rings is 2. The van der Waals surface area contributed by atoms with Gasteiger partial charge in [0, 0.05) is 56.8 Å². The van der Waals surface area contributed by atoms with Gasteiger partial charge in [0.1, 0.15) is 29.5 Å². The molecule has 18 nitrogen and oxygen atoms in total. The molecule has 4 aromatic rings. The van der Waals surface area contributed by atoms with Gasteiger partial charge in [0.15, 0.2) is 0 Å². The number of nitrogens with two attached hydrogens (primary N) is 2. The fourth-order valence-corrected chi connectivity index (χ4v) is 9.99. The van der Waals surface area contributed by atoms with E-state index in [1.54, 1.807) is 50.0 Å². The van der Waals surface area contributed by atoms with E-state index in [1.165, 1.54) is 17.0 Å². The molecule has 388 valence electrons. The molecule has 4 atom stereocenters. The SMILES string of the molecule is CN[C@@H](C)C(=O)N[C@H](C(=O)N1Cc2cc(OCCCCCCCCC(=O)NCCn3nc4c(c3OC)-c3cnc(N)c(c3)N3CCC[C@@H]3c3cc(F)ccc3C(=O)N(C)C4)ccc2C[C@H]1C(N)=O)C(C)(C)C. The summed E-state index contributed by atoms with van der Waals surface area (Å²) in [6, 6.07) is 9.51. The van der Waals surface area contributed by atoms with E-state index in [-0.39, 0.29) is 49.2 Å². The lowest BCUT2D eigenvalue weighted by Gasteiger charge is -2.40. The number of halogens is 1. The molecule has 72 heavy (non-hydrogen) atoms. The van der Waals surface area contributed by atoms with Crippen molar-refractivity contribution >= 4 is 41.0 Å². The average molecular weight is 994 g/mol. The molecule has 3 aliphatic heterocycles. The molecule has 0 saturated carbocycles. The first-order chi connectivity index (χ1) is 34.4. The maximum Gasteiger partial charge on any atom is 0.254 e. The van der Waals surface area contributed by atoms with Crippen molar-refractivity contribution in [3.05, 3.63) is 82.4 Å². The lowest BCUT2D eigenvalue weighted by molar-refractivity contribution is -0.146. The molecular formula is C53H72FN11O7. The number of aromatic nitrogens is 3. The van der Waals surface area contributed by atoms with Crippen molar-refractivity contribution in [2.45, 2.75) is 136 Å². The highest BCUT2D eigenvalue weighted by Gasteiger charge is 2.42. The summed E-state index contributed by atoms with van der Waals surface area (Å²) in [4.78, 5) is 76.3.